The highest BCUT2D eigenvalue weighted by molar-refractivity contribution is 7.90. The summed E-state index contributed by atoms with van der Waals surface area (Å²) in [6.45, 7) is -0.194. The monoisotopic (exact) mass is 436 g/mol. The van der Waals surface area contributed by atoms with Gasteiger partial charge in [-0.3, -0.25) is 14.2 Å². The molecule has 1 aromatic carbocycles. The third kappa shape index (κ3) is 3.89. The number of hydrogen-bond donors (Lipinski definition) is 2. The number of hydrogen-bond acceptors (Lipinski definition) is 7. The van der Waals surface area contributed by atoms with Gasteiger partial charge in [0.25, 0.3) is 5.56 Å². The lowest BCUT2D eigenvalue weighted by Gasteiger charge is -2.17. The third-order valence-electron chi connectivity index (χ3n) is 4.43. The van der Waals surface area contributed by atoms with Gasteiger partial charge in [0.1, 0.15) is 11.8 Å². The molecule has 2 heterocycles. The van der Waals surface area contributed by atoms with E-state index in [1.807, 2.05) is 0 Å². The first-order chi connectivity index (χ1) is 14.0. The summed E-state index contributed by atoms with van der Waals surface area (Å²) in [6.07, 6.45) is 1.25. The Hall–Kier alpha value is -3.67. The number of aliphatic carboxylic acids is 2. The molecule has 0 saturated carbocycles. The van der Waals surface area contributed by atoms with E-state index in [1.54, 1.807) is 12.1 Å². The van der Waals surface area contributed by atoms with Gasteiger partial charge in [0, 0.05) is 6.26 Å². The zero-order valence-electron chi connectivity index (χ0n) is 15.5. The first kappa shape index (κ1) is 21.0. The van der Waals surface area contributed by atoms with E-state index in [0.717, 1.165) is 16.9 Å². The highest BCUT2D eigenvalue weighted by Crippen LogP contribution is 2.18. The Morgan fingerprint density at radius 1 is 1.17 bits per heavy atom. The minimum atomic E-state index is -3.72. The number of benzene rings is 1. The van der Waals surface area contributed by atoms with Crippen LogP contribution in [0.5, 0.6) is 0 Å². The average molecular weight is 436 g/mol. The largest absolute Gasteiger partial charge is 0.481 e. The summed E-state index contributed by atoms with van der Waals surface area (Å²) in [6, 6.07) is 4.62. The molecule has 0 spiro atoms. The maximum atomic E-state index is 13.0. The standard InChI is InChI=1S/C18H16N2O9S/c1-30(27,28)11-4-5-13-12(7-11)16(23)20(14(17(24)25)8-15(21)22)18(26)19(13)9-10-3-2-6-29-10/h2-7,14H,8-9H2,1H3,(H,21,22)(H,24,25)/t14-/m0/s1. The zero-order valence-corrected chi connectivity index (χ0v) is 16.3. The number of furan rings is 1. The topological polar surface area (TPSA) is 166 Å². The number of fused-ring (bicyclic) bond motifs is 1. The van der Waals surface area contributed by atoms with Crippen molar-refractivity contribution in [3.8, 4) is 0 Å². The molecule has 0 aliphatic heterocycles. The van der Waals surface area contributed by atoms with E-state index in [1.165, 1.54) is 18.4 Å². The van der Waals surface area contributed by atoms with Crippen LogP contribution in [-0.2, 0) is 26.0 Å². The molecule has 12 heteroatoms. The molecule has 158 valence electrons. The molecular formula is C18H16N2O9S. The van der Waals surface area contributed by atoms with Crippen molar-refractivity contribution in [2.45, 2.75) is 23.9 Å². The first-order valence-corrected chi connectivity index (χ1v) is 10.4. The van der Waals surface area contributed by atoms with Crippen molar-refractivity contribution in [2.75, 3.05) is 6.26 Å². The van der Waals surface area contributed by atoms with Gasteiger partial charge in [0.2, 0.25) is 0 Å². The van der Waals surface area contributed by atoms with E-state index in [9.17, 15) is 32.7 Å². The normalized spacial score (nSPS) is 12.7. The van der Waals surface area contributed by atoms with Crippen molar-refractivity contribution in [3.63, 3.8) is 0 Å². The number of carboxylic acids is 2. The molecule has 11 nitrogen and oxygen atoms in total. The van der Waals surface area contributed by atoms with Gasteiger partial charge < -0.3 is 14.6 Å². The molecule has 0 saturated heterocycles. The second-order valence-corrected chi connectivity index (χ2v) is 8.54. The van der Waals surface area contributed by atoms with Crippen LogP contribution in [0, 0.1) is 0 Å². The van der Waals surface area contributed by atoms with E-state index < -0.39 is 45.5 Å². The molecule has 2 aromatic heterocycles. The van der Waals surface area contributed by atoms with Gasteiger partial charge in [0.15, 0.2) is 9.84 Å². The molecule has 0 radical (unpaired) electrons. The molecule has 0 amide bonds. The molecule has 2 N–H and O–H groups in total. The van der Waals surface area contributed by atoms with Crippen LogP contribution in [-0.4, -0.2) is 46.0 Å². The van der Waals surface area contributed by atoms with E-state index in [-0.39, 0.29) is 22.3 Å². The molecule has 30 heavy (non-hydrogen) atoms. The van der Waals surface area contributed by atoms with Gasteiger partial charge in [-0.1, -0.05) is 0 Å². The summed E-state index contributed by atoms with van der Waals surface area (Å²) < 4.78 is 30.4. The van der Waals surface area contributed by atoms with Crippen LogP contribution in [0.15, 0.2) is 55.5 Å². The molecule has 3 aromatic rings. The maximum Gasteiger partial charge on any atom is 0.332 e. The number of aromatic nitrogens is 2. The lowest BCUT2D eigenvalue weighted by Crippen LogP contribution is -2.45. The summed E-state index contributed by atoms with van der Waals surface area (Å²) in [5.41, 5.74) is -2.13. The van der Waals surface area contributed by atoms with Crippen LogP contribution in [0.1, 0.15) is 18.2 Å². The minimum Gasteiger partial charge on any atom is -0.481 e. The molecule has 0 fully saturated rings. The fourth-order valence-corrected chi connectivity index (χ4v) is 3.69. The van der Waals surface area contributed by atoms with E-state index in [4.69, 9.17) is 9.52 Å². The van der Waals surface area contributed by atoms with Crippen molar-refractivity contribution in [1.29, 1.82) is 0 Å². The molecule has 3 rings (SSSR count). The molecule has 1 atom stereocenters. The molecule has 0 bridgehead atoms. The van der Waals surface area contributed by atoms with Gasteiger partial charge in [0.05, 0.1) is 35.0 Å². The summed E-state index contributed by atoms with van der Waals surface area (Å²) in [4.78, 5) is 48.6. The number of carboxylic acid groups (broad SMARTS) is 2. The lowest BCUT2D eigenvalue weighted by atomic mass is 10.2. The molecule has 0 aliphatic rings. The second-order valence-electron chi connectivity index (χ2n) is 6.53. The van der Waals surface area contributed by atoms with Crippen LogP contribution in [0.3, 0.4) is 0 Å². The highest BCUT2D eigenvalue weighted by atomic mass is 32.2. The van der Waals surface area contributed by atoms with Gasteiger partial charge in [-0.15, -0.1) is 0 Å². The average Bonchev–Trinajstić information content (AvgIpc) is 3.16. The Balaban J connectivity index is 2.43. The highest BCUT2D eigenvalue weighted by Gasteiger charge is 2.29. The Morgan fingerprint density at radius 3 is 2.40 bits per heavy atom. The Labute approximate surface area is 168 Å². The number of rotatable bonds is 7. The number of sulfone groups is 1. The Morgan fingerprint density at radius 2 is 1.87 bits per heavy atom. The fourth-order valence-electron chi connectivity index (χ4n) is 3.04. The SMILES string of the molecule is CS(=O)(=O)c1ccc2c(c1)c(=O)n([C@@H](CC(=O)O)C(=O)O)c(=O)n2Cc1ccco1. The first-order valence-electron chi connectivity index (χ1n) is 8.47. The summed E-state index contributed by atoms with van der Waals surface area (Å²) in [5.74, 6) is -2.92. The molecule has 0 unspecified atom stereocenters. The Bertz CT molecular complexity index is 1370. The lowest BCUT2D eigenvalue weighted by molar-refractivity contribution is -0.147. The van der Waals surface area contributed by atoms with Crippen LogP contribution in [0.2, 0.25) is 0 Å². The smallest absolute Gasteiger partial charge is 0.332 e. The van der Waals surface area contributed by atoms with Gasteiger partial charge in [-0.05, 0) is 30.3 Å². The van der Waals surface area contributed by atoms with Crippen LogP contribution < -0.4 is 11.2 Å². The minimum absolute atomic E-state index is 0.0458. The van der Waals surface area contributed by atoms with Crippen LogP contribution in [0.25, 0.3) is 10.9 Å². The summed E-state index contributed by atoms with van der Waals surface area (Å²) >= 11 is 0. The van der Waals surface area contributed by atoms with Crippen molar-refractivity contribution < 1.29 is 32.6 Å². The van der Waals surface area contributed by atoms with E-state index in [2.05, 4.69) is 0 Å². The summed E-state index contributed by atoms with van der Waals surface area (Å²) in [7, 11) is -3.72. The fraction of sp³-hybridized carbons (Fsp3) is 0.222. The zero-order chi connectivity index (χ0) is 22.2. The van der Waals surface area contributed by atoms with Crippen LogP contribution in [0.4, 0.5) is 0 Å². The second kappa shape index (κ2) is 7.63. The third-order valence-corrected chi connectivity index (χ3v) is 5.54. The van der Waals surface area contributed by atoms with Crippen molar-refractivity contribution >= 4 is 32.7 Å². The van der Waals surface area contributed by atoms with Crippen LogP contribution >= 0.6 is 0 Å². The van der Waals surface area contributed by atoms with Gasteiger partial charge >= 0.3 is 17.6 Å². The Kier molecular flexibility index (Phi) is 5.35. The van der Waals surface area contributed by atoms with Crippen molar-refractivity contribution in [3.05, 3.63) is 63.2 Å². The quantitative estimate of drug-likeness (QED) is 0.530. The number of carbonyl (C=O) groups is 2. The molecule has 0 aliphatic carbocycles. The molecular weight excluding hydrogens is 420 g/mol. The van der Waals surface area contributed by atoms with Gasteiger partial charge in [-0.2, -0.15) is 0 Å². The number of nitrogens with zero attached hydrogens (tertiary/aromatic N) is 2. The van der Waals surface area contributed by atoms with E-state index >= 15 is 0 Å². The van der Waals surface area contributed by atoms with Crippen molar-refractivity contribution in [2.24, 2.45) is 0 Å². The predicted molar refractivity (Wildman–Crippen MR) is 102 cm³/mol. The van der Waals surface area contributed by atoms with Crippen molar-refractivity contribution in [1.82, 2.24) is 9.13 Å². The van der Waals surface area contributed by atoms with Gasteiger partial charge in [-0.25, -0.2) is 22.6 Å². The summed E-state index contributed by atoms with van der Waals surface area (Å²) in [5, 5.41) is 18.2. The maximum absolute atomic E-state index is 13.0. The predicted octanol–water partition coefficient (Wildman–Crippen LogP) is 0.308. The van der Waals surface area contributed by atoms with E-state index in [0.29, 0.717) is 10.3 Å².